The molecule has 0 amide bonds. The van der Waals surface area contributed by atoms with Crippen molar-refractivity contribution < 1.29 is 19.1 Å². The van der Waals surface area contributed by atoms with Gasteiger partial charge in [-0.1, -0.05) is 66.2 Å². The molecule has 0 unspecified atom stereocenters. The van der Waals surface area contributed by atoms with Crippen LogP contribution in [-0.4, -0.2) is 25.2 Å². The number of hydrogen-bond acceptors (Lipinski definition) is 4. The van der Waals surface area contributed by atoms with Crippen LogP contribution in [0.3, 0.4) is 0 Å². The van der Waals surface area contributed by atoms with E-state index in [0.717, 1.165) is 51.4 Å². The first-order chi connectivity index (χ1) is 10.9. The first-order valence-electron chi connectivity index (χ1n) is 9.22. The quantitative estimate of drug-likeness (QED) is 0.331. The summed E-state index contributed by atoms with van der Waals surface area (Å²) < 4.78 is 10.6. The third-order valence-corrected chi connectivity index (χ3v) is 3.72. The Morgan fingerprint density at radius 3 is 1.43 bits per heavy atom. The molecule has 0 rings (SSSR count). The molecule has 23 heavy (non-hydrogen) atoms. The lowest BCUT2D eigenvalue weighted by Crippen LogP contribution is -2.28. The van der Waals surface area contributed by atoms with Gasteiger partial charge in [0.1, 0.15) is 0 Å². The van der Waals surface area contributed by atoms with Gasteiger partial charge in [0.2, 0.25) is 0 Å². The van der Waals surface area contributed by atoms with Crippen LogP contribution < -0.4 is 0 Å². The summed E-state index contributed by atoms with van der Waals surface area (Å²) in [5.41, 5.74) is -0.335. The number of rotatable bonds is 14. The maximum atomic E-state index is 11.7. The van der Waals surface area contributed by atoms with E-state index in [0.29, 0.717) is 26.1 Å². The molecule has 136 valence electrons. The Morgan fingerprint density at radius 2 is 1.09 bits per heavy atom. The number of hydrogen-bond donors (Lipinski definition) is 0. The molecule has 0 aromatic heterocycles. The van der Waals surface area contributed by atoms with Crippen LogP contribution in [0.25, 0.3) is 0 Å². The first-order valence-corrected chi connectivity index (χ1v) is 9.22. The zero-order chi connectivity index (χ0) is 17.6. The predicted octanol–water partition coefficient (Wildman–Crippen LogP) is 5.04. The molecule has 0 bridgehead atoms. The third-order valence-electron chi connectivity index (χ3n) is 3.72. The fourth-order valence-corrected chi connectivity index (χ4v) is 2.13. The smallest absolute Gasteiger partial charge is 0.305 e. The molecule has 0 aliphatic carbocycles. The molecule has 4 heteroatoms. The van der Waals surface area contributed by atoms with Crippen molar-refractivity contribution in [3.05, 3.63) is 0 Å². The van der Waals surface area contributed by atoms with E-state index in [2.05, 4.69) is 13.8 Å². The van der Waals surface area contributed by atoms with Crippen LogP contribution in [0.5, 0.6) is 0 Å². The summed E-state index contributed by atoms with van der Waals surface area (Å²) >= 11 is 0. The molecule has 0 radical (unpaired) electrons. The average Bonchev–Trinajstić information content (AvgIpc) is 2.52. The standard InChI is InChI=1S/C19H36O4/c1-5-7-9-11-13-17(20)22-15-19(3,4)16-23-18(21)14-12-10-8-6-2/h5-16H2,1-4H3. The Balaban J connectivity index is 3.78. The van der Waals surface area contributed by atoms with Gasteiger partial charge in [-0.05, 0) is 12.8 Å². The van der Waals surface area contributed by atoms with Gasteiger partial charge >= 0.3 is 11.9 Å². The van der Waals surface area contributed by atoms with Gasteiger partial charge in [-0.15, -0.1) is 0 Å². The van der Waals surface area contributed by atoms with Crippen LogP contribution in [0.15, 0.2) is 0 Å². The summed E-state index contributed by atoms with van der Waals surface area (Å²) in [6.07, 6.45) is 9.52. The molecular weight excluding hydrogens is 292 g/mol. The highest BCUT2D eigenvalue weighted by Crippen LogP contribution is 2.17. The van der Waals surface area contributed by atoms with Crippen molar-refractivity contribution in [3.63, 3.8) is 0 Å². The highest BCUT2D eigenvalue weighted by molar-refractivity contribution is 5.69. The van der Waals surface area contributed by atoms with Crippen LogP contribution in [-0.2, 0) is 19.1 Å². The molecule has 0 aliphatic heterocycles. The van der Waals surface area contributed by atoms with Gasteiger partial charge in [0.15, 0.2) is 0 Å². The molecule has 4 nitrogen and oxygen atoms in total. The molecular formula is C19H36O4. The lowest BCUT2D eigenvalue weighted by molar-refractivity contribution is -0.152. The molecule has 0 aromatic rings. The summed E-state index contributed by atoms with van der Waals surface area (Å²) in [7, 11) is 0. The van der Waals surface area contributed by atoms with Gasteiger partial charge < -0.3 is 9.47 Å². The maximum Gasteiger partial charge on any atom is 0.305 e. The van der Waals surface area contributed by atoms with E-state index < -0.39 is 0 Å². The molecule has 0 fully saturated rings. The molecule has 0 saturated heterocycles. The van der Waals surface area contributed by atoms with Gasteiger partial charge in [-0.2, -0.15) is 0 Å². The summed E-state index contributed by atoms with van der Waals surface area (Å²) in [5, 5.41) is 0. The molecule has 0 N–H and O–H groups in total. The van der Waals surface area contributed by atoms with E-state index in [4.69, 9.17) is 9.47 Å². The van der Waals surface area contributed by atoms with Gasteiger partial charge in [0.25, 0.3) is 0 Å². The Hall–Kier alpha value is -1.06. The lowest BCUT2D eigenvalue weighted by atomic mass is 9.96. The van der Waals surface area contributed by atoms with Crippen molar-refractivity contribution in [2.45, 2.75) is 91.9 Å². The van der Waals surface area contributed by atoms with E-state index in [9.17, 15) is 9.59 Å². The van der Waals surface area contributed by atoms with Gasteiger partial charge in [0.05, 0.1) is 13.2 Å². The molecule has 0 heterocycles. The average molecular weight is 328 g/mol. The van der Waals surface area contributed by atoms with Crippen molar-refractivity contribution in [1.29, 1.82) is 0 Å². The van der Waals surface area contributed by atoms with Crippen LogP contribution in [0, 0.1) is 5.41 Å². The molecule has 0 aliphatic rings. The first kappa shape index (κ1) is 21.9. The van der Waals surface area contributed by atoms with E-state index >= 15 is 0 Å². The summed E-state index contributed by atoms with van der Waals surface area (Å²) in [6, 6.07) is 0. The highest BCUT2D eigenvalue weighted by Gasteiger charge is 2.22. The number of carbonyl (C=O) groups is 2. The Kier molecular flexibility index (Phi) is 12.8. The maximum absolute atomic E-state index is 11.7. The Bertz CT molecular complexity index is 293. The lowest BCUT2D eigenvalue weighted by Gasteiger charge is -2.23. The molecule has 0 spiro atoms. The van der Waals surface area contributed by atoms with E-state index in [1.54, 1.807) is 0 Å². The molecule has 0 saturated carbocycles. The second kappa shape index (κ2) is 13.4. The van der Waals surface area contributed by atoms with Crippen molar-refractivity contribution in [3.8, 4) is 0 Å². The number of unbranched alkanes of at least 4 members (excludes halogenated alkanes) is 6. The minimum atomic E-state index is -0.335. The van der Waals surface area contributed by atoms with Crippen molar-refractivity contribution >= 4 is 11.9 Å². The zero-order valence-corrected chi connectivity index (χ0v) is 15.6. The topological polar surface area (TPSA) is 52.6 Å². The Labute approximate surface area is 142 Å². The van der Waals surface area contributed by atoms with Crippen LogP contribution in [0.1, 0.15) is 91.9 Å². The monoisotopic (exact) mass is 328 g/mol. The van der Waals surface area contributed by atoms with E-state index in [1.807, 2.05) is 13.8 Å². The van der Waals surface area contributed by atoms with Crippen LogP contribution in [0.4, 0.5) is 0 Å². The number of esters is 2. The number of carbonyl (C=O) groups excluding carboxylic acids is 2. The highest BCUT2D eigenvalue weighted by atomic mass is 16.5. The fraction of sp³-hybridized carbons (Fsp3) is 0.895. The number of ether oxygens (including phenoxy) is 2. The largest absolute Gasteiger partial charge is 0.465 e. The summed E-state index contributed by atoms with van der Waals surface area (Å²) in [6.45, 7) is 8.77. The Morgan fingerprint density at radius 1 is 0.696 bits per heavy atom. The van der Waals surface area contributed by atoms with Gasteiger partial charge in [0, 0.05) is 18.3 Å². The normalized spacial score (nSPS) is 11.3. The van der Waals surface area contributed by atoms with Crippen LogP contribution >= 0.6 is 0 Å². The fourth-order valence-electron chi connectivity index (χ4n) is 2.13. The minimum Gasteiger partial charge on any atom is -0.465 e. The summed E-state index contributed by atoms with van der Waals surface area (Å²) in [4.78, 5) is 23.3. The predicted molar refractivity (Wildman–Crippen MR) is 93.2 cm³/mol. The van der Waals surface area contributed by atoms with E-state index in [-0.39, 0.29) is 17.4 Å². The SMILES string of the molecule is CCCCCCC(=O)OCC(C)(C)COC(=O)CCCCCC. The van der Waals surface area contributed by atoms with Gasteiger partial charge in [-0.3, -0.25) is 9.59 Å². The van der Waals surface area contributed by atoms with Crippen molar-refractivity contribution in [2.75, 3.05) is 13.2 Å². The van der Waals surface area contributed by atoms with Crippen molar-refractivity contribution in [2.24, 2.45) is 5.41 Å². The second-order valence-electron chi connectivity index (χ2n) is 7.11. The third kappa shape index (κ3) is 14.3. The molecule has 0 aromatic carbocycles. The van der Waals surface area contributed by atoms with Crippen molar-refractivity contribution in [1.82, 2.24) is 0 Å². The van der Waals surface area contributed by atoms with Gasteiger partial charge in [-0.25, -0.2) is 0 Å². The van der Waals surface area contributed by atoms with Crippen LogP contribution in [0.2, 0.25) is 0 Å². The second-order valence-corrected chi connectivity index (χ2v) is 7.11. The summed E-state index contributed by atoms with van der Waals surface area (Å²) in [5.74, 6) is -0.305. The minimum absolute atomic E-state index is 0.153. The van der Waals surface area contributed by atoms with E-state index in [1.165, 1.54) is 0 Å². The zero-order valence-electron chi connectivity index (χ0n) is 15.6. The molecule has 0 atom stereocenters.